The van der Waals surface area contributed by atoms with Crippen molar-refractivity contribution in [2.75, 3.05) is 6.26 Å². The molecule has 0 unspecified atom stereocenters. The molecule has 0 aromatic heterocycles. The second-order valence-corrected chi connectivity index (χ2v) is 7.08. The van der Waals surface area contributed by atoms with Gasteiger partial charge in [0, 0.05) is 18.2 Å². The summed E-state index contributed by atoms with van der Waals surface area (Å²) in [6.45, 7) is 0. The summed E-state index contributed by atoms with van der Waals surface area (Å²) in [4.78, 5) is 12.3. The number of sulfone groups is 1. The first-order chi connectivity index (χ1) is 9.97. The van der Waals surface area contributed by atoms with Gasteiger partial charge in [-0.15, -0.1) is 0 Å². The van der Waals surface area contributed by atoms with Crippen LogP contribution < -0.4 is 0 Å². The normalized spacial score (nSPS) is 11.3. The van der Waals surface area contributed by atoms with Gasteiger partial charge in [0.15, 0.2) is 15.6 Å². The van der Waals surface area contributed by atoms with Gasteiger partial charge in [0.25, 0.3) is 0 Å². The molecule has 0 aliphatic carbocycles. The molecule has 0 radical (unpaired) electrons. The summed E-state index contributed by atoms with van der Waals surface area (Å²) in [6, 6.07) is 16.2. The zero-order valence-electron chi connectivity index (χ0n) is 12.0. The fourth-order valence-corrected chi connectivity index (χ4v) is 2.81. The summed E-state index contributed by atoms with van der Waals surface area (Å²) in [5, 5.41) is 0. The van der Waals surface area contributed by atoms with E-state index in [1.165, 1.54) is 17.7 Å². The highest BCUT2D eigenvalue weighted by Gasteiger charge is 2.11. The van der Waals surface area contributed by atoms with E-state index in [4.69, 9.17) is 0 Å². The number of rotatable bonds is 6. The van der Waals surface area contributed by atoms with Crippen molar-refractivity contribution in [2.24, 2.45) is 0 Å². The molecule has 0 saturated carbocycles. The lowest BCUT2D eigenvalue weighted by atomic mass is 10.0. The van der Waals surface area contributed by atoms with Gasteiger partial charge in [0.2, 0.25) is 0 Å². The standard InChI is InChI=1S/C17H18O3S/c1-21(19,20)16-11-6-10-15(13-16)17(18)12-5-9-14-7-3-2-4-8-14/h2-4,6-8,10-11,13H,5,9,12H2,1H3. The van der Waals surface area contributed by atoms with Crippen LogP contribution >= 0.6 is 0 Å². The van der Waals surface area contributed by atoms with Crippen LogP contribution in [0.25, 0.3) is 0 Å². The Labute approximate surface area is 125 Å². The molecule has 2 aromatic rings. The van der Waals surface area contributed by atoms with Crippen LogP contribution in [-0.4, -0.2) is 20.5 Å². The lowest BCUT2D eigenvalue weighted by Crippen LogP contribution is -2.03. The van der Waals surface area contributed by atoms with Crippen LogP contribution in [0.15, 0.2) is 59.5 Å². The average Bonchev–Trinajstić information content (AvgIpc) is 2.47. The van der Waals surface area contributed by atoms with Gasteiger partial charge in [0.05, 0.1) is 4.90 Å². The molecule has 21 heavy (non-hydrogen) atoms. The zero-order valence-corrected chi connectivity index (χ0v) is 12.8. The average molecular weight is 302 g/mol. The molecule has 3 nitrogen and oxygen atoms in total. The summed E-state index contributed by atoms with van der Waals surface area (Å²) in [5.41, 5.74) is 1.67. The van der Waals surface area contributed by atoms with Crippen molar-refractivity contribution in [3.63, 3.8) is 0 Å². The molecular weight excluding hydrogens is 284 g/mol. The molecular formula is C17H18O3S. The van der Waals surface area contributed by atoms with E-state index >= 15 is 0 Å². The zero-order chi connectivity index (χ0) is 15.3. The monoisotopic (exact) mass is 302 g/mol. The van der Waals surface area contributed by atoms with Gasteiger partial charge in [-0.05, 0) is 30.5 Å². The van der Waals surface area contributed by atoms with E-state index in [0.717, 1.165) is 19.1 Å². The predicted octanol–water partition coefficient (Wildman–Crippen LogP) is 3.30. The molecule has 0 aliphatic rings. The Balaban J connectivity index is 1.98. The molecule has 0 amide bonds. The van der Waals surface area contributed by atoms with Gasteiger partial charge in [-0.1, -0.05) is 42.5 Å². The molecule has 2 aromatic carbocycles. The lowest BCUT2D eigenvalue weighted by molar-refractivity contribution is 0.0980. The molecule has 0 N–H and O–H groups in total. The first kappa shape index (κ1) is 15.4. The first-order valence-electron chi connectivity index (χ1n) is 6.84. The molecule has 0 atom stereocenters. The van der Waals surface area contributed by atoms with Gasteiger partial charge in [-0.25, -0.2) is 8.42 Å². The quantitative estimate of drug-likeness (QED) is 0.769. The number of carbonyl (C=O) groups excluding carboxylic acids is 1. The molecule has 0 bridgehead atoms. The van der Waals surface area contributed by atoms with E-state index < -0.39 is 9.84 Å². The molecule has 4 heteroatoms. The maximum absolute atomic E-state index is 12.1. The number of carbonyl (C=O) groups is 1. The molecule has 0 fully saturated rings. The van der Waals surface area contributed by atoms with Crippen LogP contribution in [0, 0.1) is 0 Å². The van der Waals surface area contributed by atoms with Crippen LogP contribution in [0.3, 0.4) is 0 Å². The van der Waals surface area contributed by atoms with Crippen LogP contribution in [-0.2, 0) is 16.3 Å². The summed E-state index contributed by atoms with van der Waals surface area (Å²) in [5.74, 6) is -0.0172. The van der Waals surface area contributed by atoms with E-state index in [2.05, 4.69) is 0 Å². The van der Waals surface area contributed by atoms with E-state index in [1.54, 1.807) is 12.1 Å². The fourth-order valence-electron chi connectivity index (χ4n) is 2.14. The van der Waals surface area contributed by atoms with E-state index in [1.807, 2.05) is 30.3 Å². The van der Waals surface area contributed by atoms with E-state index in [9.17, 15) is 13.2 Å². The SMILES string of the molecule is CS(=O)(=O)c1cccc(C(=O)CCCc2ccccc2)c1. The Bertz CT molecular complexity index is 719. The molecule has 110 valence electrons. The van der Waals surface area contributed by atoms with Crippen molar-refractivity contribution in [1.82, 2.24) is 0 Å². The summed E-state index contributed by atoms with van der Waals surface area (Å²) in [7, 11) is -3.27. The van der Waals surface area contributed by atoms with E-state index in [-0.39, 0.29) is 10.7 Å². The predicted molar refractivity (Wildman–Crippen MR) is 83.3 cm³/mol. The Morgan fingerprint density at radius 3 is 2.38 bits per heavy atom. The van der Waals surface area contributed by atoms with Gasteiger partial charge < -0.3 is 0 Å². The number of hydrogen-bond acceptors (Lipinski definition) is 3. The first-order valence-corrected chi connectivity index (χ1v) is 8.73. The number of benzene rings is 2. The van der Waals surface area contributed by atoms with Crippen LogP contribution in [0.1, 0.15) is 28.8 Å². The van der Waals surface area contributed by atoms with Crippen LogP contribution in [0.5, 0.6) is 0 Å². The Kier molecular flexibility index (Phi) is 4.91. The number of ketones is 1. The van der Waals surface area contributed by atoms with Crippen LogP contribution in [0.2, 0.25) is 0 Å². The van der Waals surface area contributed by atoms with Crippen molar-refractivity contribution in [3.8, 4) is 0 Å². The lowest BCUT2D eigenvalue weighted by Gasteiger charge is -2.04. The molecule has 0 aliphatic heterocycles. The topological polar surface area (TPSA) is 51.2 Å². The third kappa shape index (κ3) is 4.53. The number of Topliss-reactive ketones (excluding diaryl/α,β-unsaturated/α-hetero) is 1. The maximum atomic E-state index is 12.1. The van der Waals surface area contributed by atoms with Crippen LogP contribution in [0.4, 0.5) is 0 Å². The third-order valence-electron chi connectivity index (χ3n) is 3.30. The third-order valence-corrected chi connectivity index (χ3v) is 4.41. The Hall–Kier alpha value is -1.94. The summed E-state index contributed by atoms with van der Waals surface area (Å²) in [6.07, 6.45) is 3.17. The van der Waals surface area contributed by atoms with Crippen molar-refractivity contribution < 1.29 is 13.2 Å². The van der Waals surface area contributed by atoms with E-state index in [0.29, 0.717) is 12.0 Å². The molecule has 2 rings (SSSR count). The minimum Gasteiger partial charge on any atom is -0.294 e. The Morgan fingerprint density at radius 1 is 1.00 bits per heavy atom. The minimum absolute atomic E-state index is 0.0172. The van der Waals surface area contributed by atoms with Crippen molar-refractivity contribution >= 4 is 15.6 Å². The molecule has 0 saturated heterocycles. The smallest absolute Gasteiger partial charge is 0.175 e. The summed E-state index contributed by atoms with van der Waals surface area (Å²) >= 11 is 0. The minimum atomic E-state index is -3.27. The summed E-state index contributed by atoms with van der Waals surface area (Å²) < 4.78 is 23.0. The van der Waals surface area contributed by atoms with Gasteiger partial charge in [0.1, 0.15) is 0 Å². The van der Waals surface area contributed by atoms with Gasteiger partial charge in [-0.2, -0.15) is 0 Å². The van der Waals surface area contributed by atoms with Gasteiger partial charge >= 0.3 is 0 Å². The largest absolute Gasteiger partial charge is 0.294 e. The van der Waals surface area contributed by atoms with Crippen molar-refractivity contribution in [1.29, 1.82) is 0 Å². The Morgan fingerprint density at radius 2 is 1.71 bits per heavy atom. The van der Waals surface area contributed by atoms with Crippen molar-refractivity contribution in [3.05, 3.63) is 65.7 Å². The highest BCUT2D eigenvalue weighted by atomic mass is 32.2. The number of aryl methyl sites for hydroxylation is 1. The highest BCUT2D eigenvalue weighted by Crippen LogP contribution is 2.14. The van der Waals surface area contributed by atoms with Gasteiger partial charge in [-0.3, -0.25) is 4.79 Å². The molecule has 0 heterocycles. The highest BCUT2D eigenvalue weighted by molar-refractivity contribution is 7.90. The fraction of sp³-hybridized carbons (Fsp3) is 0.235. The molecule has 0 spiro atoms. The van der Waals surface area contributed by atoms with Crippen molar-refractivity contribution in [2.45, 2.75) is 24.2 Å². The number of hydrogen-bond donors (Lipinski definition) is 0. The maximum Gasteiger partial charge on any atom is 0.175 e. The second-order valence-electron chi connectivity index (χ2n) is 5.06. The second kappa shape index (κ2) is 6.68.